The van der Waals surface area contributed by atoms with Gasteiger partial charge in [-0.25, -0.2) is 13.1 Å². The quantitative estimate of drug-likeness (QED) is 0.359. The number of esters is 1. The molecule has 0 bridgehead atoms. The number of nitrogens with one attached hydrogen (secondary N) is 1. The summed E-state index contributed by atoms with van der Waals surface area (Å²) in [6, 6.07) is 8.16. The van der Waals surface area contributed by atoms with Crippen molar-refractivity contribution < 1.29 is 27.6 Å². The fraction of sp³-hybridized carbons (Fsp3) is 0.278. The average molecular weight is 443 g/mol. The molecular weight excluding hydrogens is 424 g/mol. The van der Waals surface area contributed by atoms with E-state index in [4.69, 9.17) is 21.1 Å². The van der Waals surface area contributed by atoms with E-state index in [1.807, 2.05) is 0 Å². The van der Waals surface area contributed by atoms with Gasteiger partial charge in [-0.15, -0.1) is 0 Å². The van der Waals surface area contributed by atoms with Crippen LogP contribution in [0.15, 0.2) is 47.4 Å². The van der Waals surface area contributed by atoms with Crippen molar-refractivity contribution in [1.82, 2.24) is 4.72 Å². The Morgan fingerprint density at radius 3 is 2.62 bits per heavy atom. The highest BCUT2D eigenvalue weighted by Gasteiger charge is 2.26. The number of carbonyl (C=O) groups is 1. The number of nitrogens with zero attached hydrogens (tertiary/aromatic N) is 1. The van der Waals surface area contributed by atoms with Crippen LogP contribution in [0.3, 0.4) is 0 Å². The van der Waals surface area contributed by atoms with Crippen molar-refractivity contribution in [3.63, 3.8) is 0 Å². The highest BCUT2D eigenvalue weighted by atomic mass is 35.5. The summed E-state index contributed by atoms with van der Waals surface area (Å²) in [5.74, 6) is -0.493. The monoisotopic (exact) mass is 442 g/mol. The van der Waals surface area contributed by atoms with Crippen LogP contribution in [0.25, 0.3) is 0 Å². The maximum Gasteiger partial charge on any atom is 0.307 e. The van der Waals surface area contributed by atoms with Crippen LogP contribution in [-0.4, -0.2) is 33.0 Å². The molecule has 0 aromatic heterocycles. The first-order valence-corrected chi connectivity index (χ1v) is 10.3. The third-order valence-electron chi connectivity index (χ3n) is 3.89. The molecule has 2 aromatic rings. The third kappa shape index (κ3) is 5.89. The van der Waals surface area contributed by atoms with Gasteiger partial charge in [0.2, 0.25) is 10.0 Å². The van der Waals surface area contributed by atoms with Crippen LogP contribution in [0, 0.1) is 10.1 Å². The number of halogens is 1. The van der Waals surface area contributed by atoms with Gasteiger partial charge in [0.1, 0.15) is 5.75 Å². The molecule has 156 valence electrons. The van der Waals surface area contributed by atoms with E-state index in [9.17, 15) is 23.3 Å². The minimum absolute atomic E-state index is 0.113. The standard InChI is InChI=1S/C18H19ClN2O7S/c1-3-28-18(22)11-16(12-5-4-6-13(9-12)21(23)24)20-29(25,26)14-7-8-15(19)17(10-14)27-2/h4-10,16,20H,3,11H2,1-2H3. The molecule has 0 heterocycles. The van der Waals surface area contributed by atoms with Gasteiger partial charge in [0.05, 0.1) is 41.0 Å². The molecule has 0 aliphatic heterocycles. The normalized spacial score (nSPS) is 12.2. The van der Waals surface area contributed by atoms with Crippen LogP contribution < -0.4 is 9.46 Å². The van der Waals surface area contributed by atoms with Crippen LogP contribution >= 0.6 is 11.6 Å². The molecule has 2 rings (SSSR count). The third-order valence-corrected chi connectivity index (χ3v) is 5.67. The molecule has 0 aliphatic carbocycles. The Morgan fingerprint density at radius 2 is 2.00 bits per heavy atom. The van der Waals surface area contributed by atoms with E-state index in [0.29, 0.717) is 0 Å². The lowest BCUT2D eigenvalue weighted by Crippen LogP contribution is -2.31. The van der Waals surface area contributed by atoms with Gasteiger partial charge < -0.3 is 9.47 Å². The van der Waals surface area contributed by atoms with E-state index in [1.165, 1.54) is 49.6 Å². The van der Waals surface area contributed by atoms with Crippen molar-refractivity contribution >= 4 is 33.3 Å². The fourth-order valence-corrected chi connectivity index (χ4v) is 3.97. The van der Waals surface area contributed by atoms with Gasteiger partial charge in [0.25, 0.3) is 5.69 Å². The lowest BCUT2D eigenvalue weighted by atomic mass is 10.0. The molecular formula is C18H19ClN2O7S. The van der Waals surface area contributed by atoms with Gasteiger partial charge in [-0.1, -0.05) is 23.7 Å². The highest BCUT2D eigenvalue weighted by molar-refractivity contribution is 7.89. The molecule has 9 nitrogen and oxygen atoms in total. The smallest absolute Gasteiger partial charge is 0.307 e. The SMILES string of the molecule is CCOC(=O)CC(NS(=O)(=O)c1ccc(Cl)c(OC)c1)c1cccc([N+](=O)[O-])c1. The van der Waals surface area contributed by atoms with E-state index in [1.54, 1.807) is 6.92 Å². The van der Waals surface area contributed by atoms with E-state index in [2.05, 4.69) is 4.72 Å². The highest BCUT2D eigenvalue weighted by Crippen LogP contribution is 2.29. The second-order valence-corrected chi connectivity index (χ2v) is 7.95. The van der Waals surface area contributed by atoms with E-state index >= 15 is 0 Å². The van der Waals surface area contributed by atoms with Crippen molar-refractivity contribution in [3.8, 4) is 5.75 Å². The summed E-state index contributed by atoms with van der Waals surface area (Å²) in [5, 5.41) is 11.3. The average Bonchev–Trinajstić information content (AvgIpc) is 2.67. The van der Waals surface area contributed by atoms with Gasteiger partial charge in [-0.05, 0) is 24.6 Å². The Hall–Kier alpha value is -2.69. The Bertz CT molecular complexity index is 1010. The summed E-state index contributed by atoms with van der Waals surface area (Å²) in [6.07, 6.45) is -0.348. The fourth-order valence-electron chi connectivity index (χ4n) is 2.53. The second-order valence-electron chi connectivity index (χ2n) is 5.83. The predicted molar refractivity (Wildman–Crippen MR) is 105 cm³/mol. The van der Waals surface area contributed by atoms with Crippen molar-refractivity contribution in [2.24, 2.45) is 0 Å². The summed E-state index contributed by atoms with van der Waals surface area (Å²) >= 11 is 5.93. The zero-order valence-electron chi connectivity index (χ0n) is 15.6. The molecule has 0 amide bonds. The van der Waals surface area contributed by atoms with Crippen LogP contribution in [0.1, 0.15) is 24.9 Å². The Labute approximate surface area is 172 Å². The molecule has 0 saturated carbocycles. The molecule has 0 radical (unpaired) electrons. The molecule has 0 fully saturated rings. The van der Waals surface area contributed by atoms with Gasteiger partial charge in [-0.3, -0.25) is 14.9 Å². The minimum atomic E-state index is -4.12. The molecule has 2 aromatic carbocycles. The molecule has 1 unspecified atom stereocenters. The second kappa shape index (κ2) is 9.68. The molecule has 0 aliphatic rings. The van der Waals surface area contributed by atoms with Crippen molar-refractivity contribution in [1.29, 1.82) is 0 Å². The topological polar surface area (TPSA) is 125 Å². The first-order valence-electron chi connectivity index (χ1n) is 8.43. The van der Waals surface area contributed by atoms with Gasteiger partial charge in [0.15, 0.2) is 0 Å². The summed E-state index contributed by atoms with van der Waals surface area (Å²) in [4.78, 5) is 22.3. The first-order chi connectivity index (χ1) is 13.7. The molecule has 1 N–H and O–H groups in total. The zero-order valence-corrected chi connectivity index (χ0v) is 17.2. The van der Waals surface area contributed by atoms with Gasteiger partial charge in [-0.2, -0.15) is 0 Å². The van der Waals surface area contributed by atoms with E-state index in [0.717, 1.165) is 0 Å². The zero-order chi connectivity index (χ0) is 21.6. The van der Waals surface area contributed by atoms with Crippen LogP contribution in [0.2, 0.25) is 5.02 Å². The number of hydrogen-bond donors (Lipinski definition) is 1. The molecule has 1 atom stereocenters. The van der Waals surface area contributed by atoms with Crippen LogP contribution in [0.4, 0.5) is 5.69 Å². The first kappa shape index (κ1) is 22.6. The number of methoxy groups -OCH3 is 1. The number of hydrogen-bond acceptors (Lipinski definition) is 7. The van der Waals surface area contributed by atoms with Gasteiger partial charge in [0, 0.05) is 18.2 Å². The number of ether oxygens (including phenoxy) is 2. The van der Waals surface area contributed by atoms with Gasteiger partial charge >= 0.3 is 5.97 Å². The summed E-state index contributed by atoms with van der Waals surface area (Å²) < 4.78 is 38.1. The Balaban J connectivity index is 2.42. The maximum absolute atomic E-state index is 12.9. The summed E-state index contributed by atoms with van der Waals surface area (Å²) in [7, 11) is -2.77. The van der Waals surface area contributed by atoms with Crippen molar-refractivity contribution in [2.75, 3.05) is 13.7 Å². The largest absolute Gasteiger partial charge is 0.495 e. The number of nitro groups is 1. The Kier molecular flexibility index (Phi) is 7.54. The lowest BCUT2D eigenvalue weighted by molar-refractivity contribution is -0.384. The van der Waals surface area contributed by atoms with Crippen molar-refractivity contribution in [3.05, 3.63) is 63.2 Å². The van der Waals surface area contributed by atoms with E-state index in [-0.39, 0.29) is 39.9 Å². The summed E-state index contributed by atoms with van der Waals surface area (Å²) in [6.45, 7) is 1.73. The number of rotatable bonds is 9. The number of benzene rings is 2. The molecule has 11 heteroatoms. The molecule has 0 spiro atoms. The number of nitro benzene ring substituents is 1. The van der Waals surface area contributed by atoms with Crippen LogP contribution in [-0.2, 0) is 19.6 Å². The van der Waals surface area contributed by atoms with Crippen LogP contribution in [0.5, 0.6) is 5.75 Å². The van der Waals surface area contributed by atoms with Crippen molar-refractivity contribution in [2.45, 2.75) is 24.3 Å². The Morgan fingerprint density at radius 1 is 1.28 bits per heavy atom. The minimum Gasteiger partial charge on any atom is -0.495 e. The number of sulfonamides is 1. The number of non-ortho nitro benzene ring substituents is 1. The van der Waals surface area contributed by atoms with E-state index < -0.39 is 27.0 Å². The predicted octanol–water partition coefficient (Wildman–Crippen LogP) is 3.23. The lowest BCUT2D eigenvalue weighted by Gasteiger charge is -2.19. The molecule has 0 saturated heterocycles. The maximum atomic E-state index is 12.9. The number of carbonyl (C=O) groups excluding carboxylic acids is 1. The molecule has 29 heavy (non-hydrogen) atoms. The summed E-state index contributed by atoms with van der Waals surface area (Å²) in [5.41, 5.74) is 0.0143.